The highest BCUT2D eigenvalue weighted by Gasteiger charge is 2.11. The van der Waals surface area contributed by atoms with Crippen LogP contribution in [0.2, 0.25) is 0 Å². The van der Waals surface area contributed by atoms with Crippen molar-refractivity contribution in [1.82, 2.24) is 0 Å². The summed E-state index contributed by atoms with van der Waals surface area (Å²) in [5, 5.41) is 18.3. The van der Waals surface area contributed by atoms with Gasteiger partial charge in [-0.1, -0.05) is 12.6 Å². The molecule has 0 bridgehead atoms. The van der Waals surface area contributed by atoms with E-state index >= 15 is 0 Å². The Morgan fingerprint density at radius 1 is 1.33 bits per heavy atom. The molecule has 2 N–H and O–H groups in total. The van der Waals surface area contributed by atoms with Gasteiger partial charge in [0.05, 0.1) is 0 Å². The highest BCUT2D eigenvalue weighted by Crippen LogP contribution is 2.26. The van der Waals surface area contributed by atoms with Gasteiger partial charge in [-0.05, 0) is 18.2 Å². The maximum atomic E-state index is 11.0. The molecule has 0 spiro atoms. The Morgan fingerprint density at radius 3 is 2.25 bits per heavy atom. The molecule has 0 saturated heterocycles. The average Bonchev–Trinajstić information content (AvgIpc) is 2.03. The van der Waals surface area contributed by atoms with Crippen molar-refractivity contribution in [3.8, 4) is 11.5 Å². The largest absolute Gasteiger partial charge is 0.507 e. The van der Waals surface area contributed by atoms with Crippen molar-refractivity contribution < 1.29 is 15.0 Å². The lowest BCUT2D eigenvalue weighted by Crippen LogP contribution is -1.94. The number of phenolic OH excluding ortho intramolecular Hbond substituents is 2. The van der Waals surface area contributed by atoms with Gasteiger partial charge in [0.25, 0.3) is 0 Å². The Hall–Kier alpha value is -1.77. The summed E-state index contributed by atoms with van der Waals surface area (Å²) in [5.74, 6) is -0.967. The molecule has 0 atom stereocenters. The number of benzene rings is 1. The average molecular weight is 164 g/mol. The summed E-state index contributed by atoms with van der Waals surface area (Å²) < 4.78 is 0. The minimum atomic E-state index is -0.495. The molecule has 1 aromatic rings. The zero-order valence-electron chi connectivity index (χ0n) is 6.32. The first-order chi connectivity index (χ1) is 5.66. The number of ketones is 1. The summed E-state index contributed by atoms with van der Waals surface area (Å²) in [6.07, 6.45) is 1.04. The SMILES string of the molecule is C=CC(=O)c1c(O)cccc1O. The van der Waals surface area contributed by atoms with Crippen molar-refractivity contribution in [2.75, 3.05) is 0 Å². The maximum Gasteiger partial charge on any atom is 0.192 e. The van der Waals surface area contributed by atoms with Gasteiger partial charge in [0.15, 0.2) is 5.78 Å². The molecule has 0 radical (unpaired) electrons. The zero-order chi connectivity index (χ0) is 9.14. The minimum absolute atomic E-state index is 0.104. The molecule has 0 unspecified atom stereocenters. The van der Waals surface area contributed by atoms with Crippen molar-refractivity contribution in [2.24, 2.45) is 0 Å². The second kappa shape index (κ2) is 3.09. The number of allylic oxidation sites excluding steroid dienone is 1. The van der Waals surface area contributed by atoms with Crippen LogP contribution in [-0.2, 0) is 0 Å². The van der Waals surface area contributed by atoms with Gasteiger partial charge in [0.1, 0.15) is 17.1 Å². The van der Waals surface area contributed by atoms with E-state index in [4.69, 9.17) is 10.2 Å². The van der Waals surface area contributed by atoms with Crippen LogP contribution in [-0.4, -0.2) is 16.0 Å². The van der Waals surface area contributed by atoms with Gasteiger partial charge in [-0.3, -0.25) is 4.79 Å². The second-order valence-corrected chi connectivity index (χ2v) is 2.24. The van der Waals surface area contributed by atoms with Gasteiger partial charge in [-0.15, -0.1) is 0 Å². The molecule has 0 saturated carbocycles. The summed E-state index contributed by atoms with van der Waals surface area (Å²) >= 11 is 0. The van der Waals surface area contributed by atoms with Gasteiger partial charge >= 0.3 is 0 Å². The molecule has 62 valence electrons. The Morgan fingerprint density at radius 2 is 1.83 bits per heavy atom. The molecule has 1 aromatic carbocycles. The van der Waals surface area contributed by atoms with Gasteiger partial charge in [0, 0.05) is 0 Å². The predicted molar refractivity (Wildman–Crippen MR) is 44.3 cm³/mol. The highest BCUT2D eigenvalue weighted by molar-refractivity contribution is 6.08. The first-order valence-corrected chi connectivity index (χ1v) is 3.34. The third-order valence-electron chi connectivity index (χ3n) is 1.45. The van der Waals surface area contributed by atoms with E-state index in [9.17, 15) is 4.79 Å². The lowest BCUT2D eigenvalue weighted by Gasteiger charge is -2.01. The molecule has 3 heteroatoms. The van der Waals surface area contributed by atoms with Crippen LogP contribution in [0, 0.1) is 0 Å². The number of hydrogen-bond donors (Lipinski definition) is 2. The van der Waals surface area contributed by atoms with E-state index < -0.39 is 5.78 Å². The van der Waals surface area contributed by atoms with E-state index in [1.165, 1.54) is 18.2 Å². The molecule has 0 aliphatic rings. The van der Waals surface area contributed by atoms with Crippen LogP contribution in [0.15, 0.2) is 30.9 Å². The first kappa shape index (κ1) is 8.33. The fourth-order valence-corrected chi connectivity index (χ4v) is 0.883. The van der Waals surface area contributed by atoms with Gasteiger partial charge in [-0.2, -0.15) is 0 Å². The predicted octanol–water partition coefficient (Wildman–Crippen LogP) is 1.47. The topological polar surface area (TPSA) is 57.5 Å². The summed E-state index contributed by atoms with van der Waals surface area (Å²) in [6.45, 7) is 3.25. The molecule has 0 amide bonds. The van der Waals surface area contributed by atoms with Crippen LogP contribution in [0.5, 0.6) is 11.5 Å². The molecule has 1 rings (SSSR count). The molecule has 0 aliphatic carbocycles. The minimum Gasteiger partial charge on any atom is -0.507 e. The van der Waals surface area contributed by atoms with E-state index in [-0.39, 0.29) is 17.1 Å². The monoisotopic (exact) mass is 164 g/mol. The normalized spacial score (nSPS) is 9.33. The van der Waals surface area contributed by atoms with E-state index in [0.29, 0.717) is 0 Å². The van der Waals surface area contributed by atoms with Gasteiger partial charge < -0.3 is 10.2 Å². The maximum absolute atomic E-state index is 11.0. The number of carbonyl (C=O) groups excluding carboxylic acids is 1. The first-order valence-electron chi connectivity index (χ1n) is 3.34. The summed E-state index contributed by atoms with van der Waals surface area (Å²) in [6, 6.07) is 4.11. The van der Waals surface area contributed by atoms with E-state index in [1.54, 1.807) is 0 Å². The Balaban J connectivity index is 3.30. The van der Waals surface area contributed by atoms with Crippen LogP contribution in [0.4, 0.5) is 0 Å². The summed E-state index contributed by atoms with van der Waals surface area (Å²) in [7, 11) is 0. The van der Waals surface area contributed by atoms with Crippen molar-refractivity contribution in [2.45, 2.75) is 0 Å². The van der Waals surface area contributed by atoms with E-state index in [2.05, 4.69) is 6.58 Å². The Kier molecular flexibility index (Phi) is 2.14. The zero-order valence-corrected chi connectivity index (χ0v) is 6.32. The van der Waals surface area contributed by atoms with Crippen molar-refractivity contribution in [3.05, 3.63) is 36.4 Å². The molecule has 0 fully saturated rings. The molecule has 12 heavy (non-hydrogen) atoms. The molecule has 3 nitrogen and oxygen atoms in total. The standard InChI is InChI=1S/C9H8O3/c1-2-6(10)9-7(11)4-3-5-8(9)12/h2-5,11-12H,1H2. The lowest BCUT2D eigenvalue weighted by molar-refractivity contribution is 0.104. The van der Waals surface area contributed by atoms with Crippen molar-refractivity contribution >= 4 is 5.78 Å². The van der Waals surface area contributed by atoms with Crippen LogP contribution >= 0.6 is 0 Å². The number of phenols is 2. The third kappa shape index (κ3) is 1.29. The van der Waals surface area contributed by atoms with Gasteiger partial charge in [0.2, 0.25) is 0 Å². The summed E-state index contributed by atoms with van der Waals surface area (Å²) in [4.78, 5) is 11.0. The number of carbonyl (C=O) groups is 1. The fourth-order valence-electron chi connectivity index (χ4n) is 0.883. The fraction of sp³-hybridized carbons (Fsp3) is 0. The third-order valence-corrected chi connectivity index (χ3v) is 1.45. The molecule has 0 heterocycles. The second-order valence-electron chi connectivity index (χ2n) is 2.24. The highest BCUT2D eigenvalue weighted by atomic mass is 16.3. The van der Waals surface area contributed by atoms with Crippen LogP contribution in [0.3, 0.4) is 0 Å². The molecule has 0 aromatic heterocycles. The van der Waals surface area contributed by atoms with Crippen molar-refractivity contribution in [3.63, 3.8) is 0 Å². The van der Waals surface area contributed by atoms with E-state index in [1.807, 2.05) is 0 Å². The van der Waals surface area contributed by atoms with E-state index in [0.717, 1.165) is 6.08 Å². The Labute approximate surface area is 69.6 Å². The van der Waals surface area contributed by atoms with Crippen LogP contribution in [0.25, 0.3) is 0 Å². The van der Waals surface area contributed by atoms with Crippen LogP contribution in [0.1, 0.15) is 10.4 Å². The van der Waals surface area contributed by atoms with Crippen LogP contribution < -0.4 is 0 Å². The van der Waals surface area contributed by atoms with Crippen molar-refractivity contribution in [1.29, 1.82) is 0 Å². The lowest BCUT2D eigenvalue weighted by atomic mass is 10.1. The summed E-state index contributed by atoms with van der Waals surface area (Å²) in [5.41, 5.74) is -0.104. The smallest absolute Gasteiger partial charge is 0.192 e. The number of aromatic hydroxyl groups is 2. The number of hydrogen-bond acceptors (Lipinski definition) is 3. The Bertz CT molecular complexity index is 308. The quantitative estimate of drug-likeness (QED) is 0.514. The molecular formula is C9H8O3. The molecule has 0 aliphatic heterocycles. The van der Waals surface area contributed by atoms with Gasteiger partial charge in [-0.25, -0.2) is 0 Å². The number of rotatable bonds is 2. The molecular weight excluding hydrogens is 156 g/mol.